The molecule has 0 aromatic carbocycles. The molecule has 0 amide bonds. The van der Waals surface area contributed by atoms with Gasteiger partial charge < -0.3 is 0 Å². The summed E-state index contributed by atoms with van der Waals surface area (Å²) in [5.74, 6) is 0. The second-order valence-corrected chi connectivity index (χ2v) is 2.21. The quantitative estimate of drug-likeness (QED) is 0.500. The topological polar surface area (TPSA) is 0 Å². The summed E-state index contributed by atoms with van der Waals surface area (Å²) in [6.07, 6.45) is 3.06. The molecular weight excluding hydrogens is 108 g/mol. The van der Waals surface area contributed by atoms with Crippen molar-refractivity contribution in [1.82, 2.24) is 0 Å². The van der Waals surface area contributed by atoms with Gasteiger partial charge in [0.05, 0.1) is 0 Å². The van der Waals surface area contributed by atoms with E-state index in [0.29, 0.717) is 0 Å². The fourth-order valence-electron chi connectivity index (χ4n) is 0.366. The van der Waals surface area contributed by atoms with Crippen LogP contribution in [-0.2, 0) is 0 Å². The van der Waals surface area contributed by atoms with Crippen LogP contribution in [0.15, 0.2) is 0 Å². The number of halogens is 1. The van der Waals surface area contributed by atoms with Gasteiger partial charge in [-0.3, -0.25) is 0 Å². The van der Waals surface area contributed by atoms with E-state index in [1.165, 1.54) is 0 Å². The lowest BCUT2D eigenvalue weighted by Crippen LogP contribution is -1.88. The lowest BCUT2D eigenvalue weighted by molar-refractivity contribution is 0.764. The highest BCUT2D eigenvalue weighted by atomic mass is 35.5. The van der Waals surface area contributed by atoms with Crippen LogP contribution in [0.4, 0.5) is 0 Å². The highest BCUT2D eigenvalue weighted by molar-refractivity contribution is 6.21. The van der Waals surface area contributed by atoms with E-state index < -0.39 is 0 Å². The number of unbranched alkanes of at least 4 members (excludes halogenated alkanes) is 1. The molecule has 0 nitrogen and oxygen atoms in total. The zero-order chi connectivity index (χ0) is 5.70. The Labute approximate surface area is 50.9 Å². The van der Waals surface area contributed by atoms with Crippen molar-refractivity contribution in [3.63, 3.8) is 0 Å². The van der Waals surface area contributed by atoms with Gasteiger partial charge in [0, 0.05) is 5.38 Å². The molecule has 1 unspecified atom stereocenters. The van der Waals surface area contributed by atoms with Crippen molar-refractivity contribution in [2.45, 2.75) is 24.6 Å². The molecule has 7 heavy (non-hydrogen) atoms. The molecule has 1 heteroatoms. The van der Waals surface area contributed by atoms with Gasteiger partial charge in [0.25, 0.3) is 0 Å². The third-order valence-corrected chi connectivity index (χ3v) is 0.986. The van der Waals surface area contributed by atoms with Gasteiger partial charge in [-0.1, -0.05) is 19.8 Å². The Kier molecular flexibility index (Phi) is 4.63. The maximum Gasteiger partial charge on any atom is 0.0336 e. The summed E-state index contributed by atoms with van der Waals surface area (Å²) in [5, 5.41) is 0.0850. The summed E-state index contributed by atoms with van der Waals surface area (Å²) in [5.41, 5.74) is 0. The molecule has 42 valence electrons. The van der Waals surface area contributed by atoms with Crippen molar-refractivity contribution in [2.75, 3.05) is 0 Å². The number of rotatable bonds is 3. The predicted octanol–water partition coefficient (Wildman–Crippen LogP) is 2.43. The fourth-order valence-corrected chi connectivity index (χ4v) is 0.520. The predicted molar refractivity (Wildman–Crippen MR) is 34.2 cm³/mol. The van der Waals surface area contributed by atoms with Crippen molar-refractivity contribution in [1.29, 1.82) is 0 Å². The number of hydrogen-bond acceptors (Lipinski definition) is 0. The first-order chi connectivity index (χ1) is 3.27. The van der Waals surface area contributed by atoms with E-state index >= 15 is 0 Å². The van der Waals surface area contributed by atoms with Crippen molar-refractivity contribution in [2.24, 2.45) is 0 Å². The van der Waals surface area contributed by atoms with Crippen molar-refractivity contribution < 1.29 is 0 Å². The summed E-state index contributed by atoms with van der Waals surface area (Å²) in [6, 6.07) is 0. The van der Waals surface area contributed by atoms with E-state index in [2.05, 4.69) is 13.8 Å². The van der Waals surface area contributed by atoms with Crippen LogP contribution in [-0.4, -0.2) is 5.38 Å². The molecule has 0 spiro atoms. The first kappa shape index (κ1) is 7.29. The molecule has 0 bridgehead atoms. The van der Waals surface area contributed by atoms with Gasteiger partial charge in [0.2, 0.25) is 0 Å². The van der Waals surface area contributed by atoms with Gasteiger partial charge >= 0.3 is 0 Å². The Morgan fingerprint density at radius 3 is 2.29 bits per heavy atom. The van der Waals surface area contributed by atoms with Gasteiger partial charge in [-0.05, 0) is 13.3 Å². The standard InChI is InChI=1S/C6H11Cl/c1-3-4-5-6(2)7/h6H,1-5H2. The molecule has 0 aromatic rings. The summed E-state index contributed by atoms with van der Waals surface area (Å²) in [4.78, 5) is 0. The van der Waals surface area contributed by atoms with Gasteiger partial charge in [0.15, 0.2) is 0 Å². The highest BCUT2D eigenvalue weighted by Crippen LogP contribution is 2.03. The Balaban J connectivity index is 2.68. The van der Waals surface area contributed by atoms with E-state index in [-0.39, 0.29) is 5.38 Å². The average molecular weight is 119 g/mol. The summed E-state index contributed by atoms with van der Waals surface area (Å²) in [7, 11) is 0. The van der Waals surface area contributed by atoms with Crippen molar-refractivity contribution >= 4 is 11.6 Å². The minimum Gasteiger partial charge on any atom is -0.123 e. The van der Waals surface area contributed by atoms with Crippen LogP contribution >= 0.6 is 11.6 Å². The van der Waals surface area contributed by atoms with Crippen LogP contribution in [0, 0.1) is 13.8 Å². The monoisotopic (exact) mass is 118 g/mol. The normalized spacial score (nSPS) is 14.1. The van der Waals surface area contributed by atoms with Gasteiger partial charge in [-0.25, -0.2) is 0 Å². The van der Waals surface area contributed by atoms with Gasteiger partial charge in [-0.2, -0.15) is 0 Å². The molecule has 0 heterocycles. The summed E-state index contributed by atoms with van der Waals surface area (Å²) < 4.78 is 0. The lowest BCUT2D eigenvalue weighted by atomic mass is 10.2. The first-order valence-corrected chi connectivity index (χ1v) is 2.97. The lowest BCUT2D eigenvalue weighted by Gasteiger charge is -1.96. The SMILES string of the molecule is [CH2]CCCC([CH2])Cl. The molecule has 0 rings (SSSR count). The van der Waals surface area contributed by atoms with Crippen molar-refractivity contribution in [3.8, 4) is 0 Å². The zero-order valence-corrected chi connectivity index (χ0v) is 5.25. The Bertz CT molecular complexity index is 33.2. The molecule has 0 saturated heterocycles. The first-order valence-electron chi connectivity index (χ1n) is 2.53. The fraction of sp³-hybridized carbons (Fsp3) is 0.667. The molecule has 0 aliphatic carbocycles. The minimum absolute atomic E-state index is 0.0850. The van der Waals surface area contributed by atoms with Gasteiger partial charge in [-0.15, -0.1) is 11.6 Å². The van der Waals surface area contributed by atoms with Gasteiger partial charge in [0.1, 0.15) is 0 Å². The molecule has 0 fully saturated rings. The average Bonchev–Trinajstić information content (AvgIpc) is 1.61. The van der Waals surface area contributed by atoms with Crippen LogP contribution in [0.1, 0.15) is 19.3 Å². The van der Waals surface area contributed by atoms with E-state index in [1.54, 1.807) is 0 Å². The highest BCUT2D eigenvalue weighted by Gasteiger charge is 1.91. The zero-order valence-electron chi connectivity index (χ0n) is 4.49. The van der Waals surface area contributed by atoms with Crippen LogP contribution in [0.3, 0.4) is 0 Å². The van der Waals surface area contributed by atoms with Crippen LogP contribution in [0.2, 0.25) is 0 Å². The Morgan fingerprint density at radius 2 is 2.14 bits per heavy atom. The van der Waals surface area contributed by atoms with Crippen LogP contribution < -0.4 is 0 Å². The minimum atomic E-state index is 0.0850. The Morgan fingerprint density at radius 1 is 1.57 bits per heavy atom. The molecule has 0 N–H and O–H groups in total. The third-order valence-electron chi connectivity index (χ3n) is 0.767. The van der Waals surface area contributed by atoms with E-state index in [4.69, 9.17) is 11.6 Å². The summed E-state index contributed by atoms with van der Waals surface area (Å²) >= 11 is 5.52. The second-order valence-electron chi connectivity index (χ2n) is 1.59. The molecule has 2 radical (unpaired) electrons. The van der Waals surface area contributed by atoms with E-state index in [1.807, 2.05) is 0 Å². The number of alkyl halides is 1. The van der Waals surface area contributed by atoms with Crippen LogP contribution in [0.5, 0.6) is 0 Å². The molecule has 0 aliphatic heterocycles. The molecule has 1 atom stereocenters. The second kappa shape index (κ2) is 4.45. The molecular formula is C6H11Cl. The smallest absolute Gasteiger partial charge is 0.0336 e. The molecule has 0 saturated carbocycles. The van der Waals surface area contributed by atoms with E-state index in [9.17, 15) is 0 Å². The maximum atomic E-state index is 5.52. The molecule has 0 aromatic heterocycles. The van der Waals surface area contributed by atoms with Crippen molar-refractivity contribution in [3.05, 3.63) is 13.8 Å². The van der Waals surface area contributed by atoms with Crippen LogP contribution in [0.25, 0.3) is 0 Å². The Hall–Kier alpha value is 0.290. The third kappa shape index (κ3) is 6.29. The number of hydrogen-bond donors (Lipinski definition) is 0. The maximum absolute atomic E-state index is 5.52. The summed E-state index contributed by atoms with van der Waals surface area (Å²) in [6.45, 7) is 7.28. The van der Waals surface area contributed by atoms with E-state index in [0.717, 1.165) is 19.3 Å². The largest absolute Gasteiger partial charge is 0.123 e. The molecule has 0 aliphatic rings.